The highest BCUT2D eigenvalue weighted by molar-refractivity contribution is 6.10. The number of nitrogens with zero attached hydrogens (tertiary/aromatic N) is 7. The number of hydrogen-bond acceptors (Lipinski definition) is 8. The molecule has 0 unspecified atom stereocenters. The van der Waals surface area contributed by atoms with Crippen LogP contribution in [-0.4, -0.2) is 53.6 Å². The van der Waals surface area contributed by atoms with Gasteiger partial charge in [-0.2, -0.15) is 18.3 Å². The number of nitrogens with one attached hydrogen (secondary N) is 1. The van der Waals surface area contributed by atoms with Crippen molar-refractivity contribution in [1.82, 2.24) is 29.5 Å². The summed E-state index contributed by atoms with van der Waals surface area (Å²) in [5, 5.41) is 15.4. The molecule has 3 aromatic heterocycles. The van der Waals surface area contributed by atoms with Gasteiger partial charge in [0.2, 0.25) is 0 Å². The van der Waals surface area contributed by atoms with Crippen molar-refractivity contribution >= 4 is 23.5 Å². The number of carbonyl (C=O) groups is 2. The van der Waals surface area contributed by atoms with Crippen molar-refractivity contribution in [3.05, 3.63) is 59.5 Å². The molecular formula is C27H27F3N8O3. The number of anilines is 2. The zero-order valence-electron chi connectivity index (χ0n) is 22.9. The fourth-order valence-corrected chi connectivity index (χ4v) is 4.68. The molecule has 1 amide bonds. The van der Waals surface area contributed by atoms with E-state index >= 15 is 0 Å². The van der Waals surface area contributed by atoms with Crippen molar-refractivity contribution in [2.24, 2.45) is 14.1 Å². The van der Waals surface area contributed by atoms with Gasteiger partial charge in [-0.25, -0.2) is 4.98 Å². The van der Waals surface area contributed by atoms with Crippen LogP contribution in [0.2, 0.25) is 0 Å². The summed E-state index contributed by atoms with van der Waals surface area (Å²) in [4.78, 5) is 31.4. The Bertz CT molecular complexity index is 1650. The first-order valence-corrected chi connectivity index (χ1v) is 12.6. The molecule has 11 nitrogen and oxygen atoms in total. The molecule has 0 bridgehead atoms. The van der Waals surface area contributed by atoms with Gasteiger partial charge in [-0.1, -0.05) is 6.07 Å². The highest BCUT2D eigenvalue weighted by atomic mass is 19.4. The van der Waals surface area contributed by atoms with E-state index in [9.17, 15) is 22.8 Å². The maximum atomic E-state index is 13.7. The van der Waals surface area contributed by atoms with Crippen molar-refractivity contribution in [3.63, 3.8) is 0 Å². The average molecular weight is 569 g/mol. The first kappa shape index (κ1) is 27.8. The van der Waals surface area contributed by atoms with E-state index in [-0.39, 0.29) is 35.9 Å². The van der Waals surface area contributed by atoms with Crippen molar-refractivity contribution in [3.8, 4) is 22.6 Å². The molecule has 0 spiro atoms. The fourth-order valence-electron chi connectivity index (χ4n) is 4.68. The lowest BCUT2D eigenvalue weighted by Crippen LogP contribution is -2.28. The summed E-state index contributed by atoms with van der Waals surface area (Å²) in [7, 11) is 3.49. The van der Waals surface area contributed by atoms with E-state index in [1.165, 1.54) is 23.4 Å². The molecule has 4 heterocycles. The standard InChI is InChI=1S/C27H27F3N8O3/c1-26(2,3)41-22(39)12-31-20-9-15(23-17(11-33-37(23)5)24-35-32-14-36(24)4)10-21(34-20)38-13-18-16(25(38)40)7-6-8-19(18)27(28,29)30/h6-11,14H,12-13H2,1-5H3,(H,31,34). The largest absolute Gasteiger partial charge is 0.459 e. The number of aryl methyl sites for hydroxylation is 2. The summed E-state index contributed by atoms with van der Waals surface area (Å²) < 4.78 is 49.9. The summed E-state index contributed by atoms with van der Waals surface area (Å²) in [6, 6.07) is 6.78. The van der Waals surface area contributed by atoms with Crippen LogP contribution in [0.15, 0.2) is 42.9 Å². The van der Waals surface area contributed by atoms with Crippen molar-refractivity contribution in [1.29, 1.82) is 0 Å². The Balaban J connectivity index is 1.59. The van der Waals surface area contributed by atoms with Gasteiger partial charge >= 0.3 is 12.1 Å². The summed E-state index contributed by atoms with van der Waals surface area (Å²) in [6.45, 7) is 4.66. The van der Waals surface area contributed by atoms with E-state index in [2.05, 4.69) is 25.6 Å². The fraction of sp³-hybridized carbons (Fsp3) is 0.333. The van der Waals surface area contributed by atoms with Gasteiger partial charge in [0.1, 0.15) is 30.1 Å². The van der Waals surface area contributed by atoms with E-state index in [0.717, 1.165) is 6.07 Å². The van der Waals surface area contributed by atoms with Gasteiger partial charge < -0.3 is 14.6 Å². The monoisotopic (exact) mass is 568 g/mol. The van der Waals surface area contributed by atoms with Crippen LogP contribution >= 0.6 is 0 Å². The van der Waals surface area contributed by atoms with E-state index in [1.807, 2.05) is 0 Å². The summed E-state index contributed by atoms with van der Waals surface area (Å²) >= 11 is 0. The number of aromatic nitrogens is 6. The molecule has 1 aromatic carbocycles. The number of alkyl halides is 3. The summed E-state index contributed by atoms with van der Waals surface area (Å²) in [5.41, 5.74) is -0.0104. The van der Waals surface area contributed by atoms with Gasteiger partial charge in [0.15, 0.2) is 5.82 Å². The predicted octanol–water partition coefficient (Wildman–Crippen LogP) is 4.21. The van der Waals surface area contributed by atoms with Crippen LogP contribution in [-0.2, 0) is 36.3 Å². The third-order valence-corrected chi connectivity index (χ3v) is 6.36. The third-order valence-electron chi connectivity index (χ3n) is 6.36. The number of hydrogen-bond donors (Lipinski definition) is 1. The quantitative estimate of drug-likeness (QED) is 0.344. The Hall–Kier alpha value is -4.75. The number of halogens is 3. The number of esters is 1. The maximum absolute atomic E-state index is 13.7. The second-order valence-corrected chi connectivity index (χ2v) is 10.6. The molecule has 5 rings (SSSR count). The van der Waals surface area contributed by atoms with Gasteiger partial charge in [-0.15, -0.1) is 10.2 Å². The molecular weight excluding hydrogens is 541 g/mol. The number of carbonyl (C=O) groups excluding carboxylic acids is 2. The summed E-state index contributed by atoms with van der Waals surface area (Å²) in [6.07, 6.45) is -1.48. The van der Waals surface area contributed by atoms with E-state index in [1.54, 1.807) is 62.4 Å². The Morgan fingerprint density at radius 1 is 1.12 bits per heavy atom. The van der Waals surface area contributed by atoms with Crippen molar-refractivity contribution in [2.45, 2.75) is 39.1 Å². The van der Waals surface area contributed by atoms with Gasteiger partial charge in [-0.05, 0) is 50.6 Å². The van der Waals surface area contributed by atoms with E-state index in [4.69, 9.17) is 4.74 Å². The van der Waals surface area contributed by atoms with Crippen LogP contribution in [0.1, 0.15) is 42.3 Å². The van der Waals surface area contributed by atoms with Crippen LogP contribution in [0.5, 0.6) is 0 Å². The SMILES string of the molecule is Cn1cnnc1-c1cnn(C)c1-c1cc(NCC(=O)OC(C)(C)C)nc(N2Cc3c(cccc3C(F)(F)F)C2=O)c1. The van der Waals surface area contributed by atoms with Crippen LogP contribution in [0, 0.1) is 0 Å². The molecule has 14 heteroatoms. The Kier molecular flexibility index (Phi) is 6.79. The molecule has 0 fully saturated rings. The van der Waals surface area contributed by atoms with Crippen molar-refractivity contribution in [2.75, 3.05) is 16.8 Å². The number of benzene rings is 1. The predicted molar refractivity (Wildman–Crippen MR) is 143 cm³/mol. The molecule has 0 saturated heterocycles. The Morgan fingerprint density at radius 2 is 1.88 bits per heavy atom. The number of ether oxygens (including phenoxy) is 1. The van der Waals surface area contributed by atoms with E-state index < -0.39 is 29.2 Å². The second-order valence-electron chi connectivity index (χ2n) is 10.6. The molecule has 214 valence electrons. The first-order valence-electron chi connectivity index (χ1n) is 12.6. The lowest BCUT2D eigenvalue weighted by atomic mass is 10.0. The minimum Gasteiger partial charge on any atom is -0.459 e. The Morgan fingerprint density at radius 3 is 2.54 bits per heavy atom. The first-order chi connectivity index (χ1) is 19.2. The average Bonchev–Trinajstić information content (AvgIpc) is 3.57. The van der Waals surface area contributed by atoms with Crippen LogP contribution in [0.4, 0.5) is 24.8 Å². The minimum absolute atomic E-state index is 0.0457. The Labute approximate surface area is 233 Å². The topological polar surface area (TPSA) is 120 Å². The second kappa shape index (κ2) is 10.0. The third kappa shape index (κ3) is 5.49. The highest BCUT2D eigenvalue weighted by Gasteiger charge is 2.40. The number of amides is 1. The maximum Gasteiger partial charge on any atom is 0.416 e. The van der Waals surface area contributed by atoms with Gasteiger partial charge in [-0.3, -0.25) is 19.2 Å². The highest BCUT2D eigenvalue weighted by Crippen LogP contribution is 2.40. The summed E-state index contributed by atoms with van der Waals surface area (Å²) in [5.74, 6) is -0.338. The number of fused-ring (bicyclic) bond motifs is 1. The molecule has 1 aliphatic heterocycles. The molecule has 41 heavy (non-hydrogen) atoms. The minimum atomic E-state index is -4.63. The molecule has 0 saturated carbocycles. The molecule has 1 aliphatic rings. The van der Waals surface area contributed by atoms with Crippen LogP contribution in [0.3, 0.4) is 0 Å². The lowest BCUT2D eigenvalue weighted by molar-refractivity contribution is -0.152. The van der Waals surface area contributed by atoms with Crippen LogP contribution < -0.4 is 10.2 Å². The molecule has 4 aromatic rings. The molecule has 0 atom stereocenters. The zero-order chi connectivity index (χ0) is 29.7. The van der Waals surface area contributed by atoms with Gasteiger partial charge in [0.25, 0.3) is 5.91 Å². The molecule has 0 aliphatic carbocycles. The van der Waals surface area contributed by atoms with Crippen LogP contribution in [0.25, 0.3) is 22.6 Å². The number of pyridine rings is 1. The van der Waals surface area contributed by atoms with Gasteiger partial charge in [0, 0.05) is 25.2 Å². The van der Waals surface area contributed by atoms with Crippen molar-refractivity contribution < 1.29 is 27.5 Å². The molecule has 1 N–H and O–H groups in total. The van der Waals surface area contributed by atoms with E-state index in [0.29, 0.717) is 22.6 Å². The zero-order valence-corrected chi connectivity index (χ0v) is 22.9. The molecule has 0 radical (unpaired) electrons. The number of rotatable bonds is 6. The lowest BCUT2D eigenvalue weighted by Gasteiger charge is -2.21. The normalized spacial score (nSPS) is 13.5. The van der Waals surface area contributed by atoms with Gasteiger partial charge in [0.05, 0.1) is 29.6 Å². The smallest absolute Gasteiger partial charge is 0.416 e.